The molecule has 4 rings (SSSR count). The lowest BCUT2D eigenvalue weighted by Gasteiger charge is -2.11. The zero-order valence-corrected chi connectivity index (χ0v) is 11.1. The van der Waals surface area contributed by atoms with Gasteiger partial charge in [0.2, 0.25) is 0 Å². The van der Waals surface area contributed by atoms with E-state index in [9.17, 15) is 4.79 Å². The number of pyridine rings is 1. The minimum atomic E-state index is -1.01. The molecular formula is C14H15ClN2O2. The highest BCUT2D eigenvalue weighted by atomic mass is 35.5. The van der Waals surface area contributed by atoms with E-state index in [0.717, 1.165) is 23.7 Å². The number of fused-ring (bicyclic) bond motifs is 5. The highest BCUT2D eigenvalue weighted by molar-refractivity contribution is 6.33. The summed E-state index contributed by atoms with van der Waals surface area (Å²) in [5.74, 6) is 3.00. The Morgan fingerprint density at radius 2 is 2.05 bits per heavy atom. The number of hydrogen-bond donors (Lipinski definition) is 2. The first-order chi connectivity index (χ1) is 9.15. The van der Waals surface area contributed by atoms with Gasteiger partial charge < -0.3 is 10.4 Å². The van der Waals surface area contributed by atoms with Gasteiger partial charge in [-0.1, -0.05) is 11.6 Å². The average Bonchev–Trinajstić information content (AvgIpc) is 2.79. The SMILES string of the molecule is O=C(O)c1cc(NC2C3C4CCC(C4)C23)ncc1Cl. The molecule has 4 atom stereocenters. The van der Waals surface area contributed by atoms with Crippen molar-refractivity contribution in [3.05, 3.63) is 22.8 Å². The zero-order chi connectivity index (χ0) is 13.1. The number of carbonyl (C=O) groups is 1. The molecule has 100 valence electrons. The van der Waals surface area contributed by atoms with Gasteiger partial charge in [-0.3, -0.25) is 0 Å². The third-order valence-electron chi connectivity index (χ3n) is 5.14. The number of nitrogens with zero attached hydrogens (tertiary/aromatic N) is 1. The van der Waals surface area contributed by atoms with Crippen molar-refractivity contribution in [2.45, 2.75) is 25.3 Å². The van der Waals surface area contributed by atoms with Gasteiger partial charge in [-0.05, 0) is 49.0 Å². The molecule has 3 fully saturated rings. The molecule has 5 heteroatoms. The summed E-state index contributed by atoms with van der Waals surface area (Å²) in [5.41, 5.74) is 0.118. The van der Waals surface area contributed by atoms with E-state index in [1.165, 1.54) is 25.5 Å². The predicted molar refractivity (Wildman–Crippen MR) is 71.4 cm³/mol. The van der Waals surface area contributed by atoms with Gasteiger partial charge in [0.15, 0.2) is 0 Å². The molecular weight excluding hydrogens is 264 g/mol. The third kappa shape index (κ3) is 1.66. The first-order valence-corrected chi connectivity index (χ1v) is 7.18. The molecule has 1 heterocycles. The van der Waals surface area contributed by atoms with Crippen LogP contribution in [0.2, 0.25) is 5.02 Å². The molecule has 3 saturated carbocycles. The maximum atomic E-state index is 11.0. The summed E-state index contributed by atoms with van der Waals surface area (Å²) >= 11 is 5.82. The largest absolute Gasteiger partial charge is 0.478 e. The fourth-order valence-electron chi connectivity index (χ4n) is 4.37. The van der Waals surface area contributed by atoms with E-state index in [1.807, 2.05) is 0 Å². The van der Waals surface area contributed by atoms with Crippen LogP contribution in [0.1, 0.15) is 29.6 Å². The first kappa shape index (κ1) is 11.5. The Balaban J connectivity index is 1.53. The molecule has 1 aromatic heterocycles. The Morgan fingerprint density at radius 1 is 1.37 bits per heavy atom. The van der Waals surface area contributed by atoms with Crippen molar-refractivity contribution in [1.29, 1.82) is 0 Å². The number of aromatic carboxylic acids is 1. The molecule has 3 aliphatic rings. The summed E-state index contributed by atoms with van der Waals surface area (Å²) in [6, 6.07) is 2.04. The third-order valence-corrected chi connectivity index (χ3v) is 5.44. The molecule has 2 bridgehead atoms. The number of aromatic nitrogens is 1. The minimum absolute atomic E-state index is 0.118. The van der Waals surface area contributed by atoms with Crippen LogP contribution >= 0.6 is 11.6 Å². The van der Waals surface area contributed by atoms with Crippen LogP contribution in [0.15, 0.2) is 12.3 Å². The molecule has 0 saturated heterocycles. The van der Waals surface area contributed by atoms with Gasteiger partial charge in [0, 0.05) is 12.2 Å². The van der Waals surface area contributed by atoms with Gasteiger partial charge in [0.25, 0.3) is 0 Å². The van der Waals surface area contributed by atoms with Gasteiger partial charge in [0.05, 0.1) is 10.6 Å². The predicted octanol–water partition coefficient (Wildman–Crippen LogP) is 2.89. The number of carboxylic acids is 1. The van der Waals surface area contributed by atoms with Gasteiger partial charge in [-0.25, -0.2) is 9.78 Å². The Hall–Kier alpha value is -1.29. The lowest BCUT2D eigenvalue weighted by molar-refractivity contribution is 0.0697. The van der Waals surface area contributed by atoms with Crippen molar-refractivity contribution in [3.63, 3.8) is 0 Å². The second-order valence-electron chi connectivity index (χ2n) is 6.01. The van der Waals surface area contributed by atoms with E-state index in [-0.39, 0.29) is 10.6 Å². The topological polar surface area (TPSA) is 62.2 Å². The van der Waals surface area contributed by atoms with Crippen molar-refractivity contribution < 1.29 is 9.90 Å². The number of hydrogen-bond acceptors (Lipinski definition) is 3. The summed E-state index contributed by atoms with van der Waals surface area (Å²) in [6.07, 6.45) is 5.57. The molecule has 4 nitrogen and oxygen atoms in total. The lowest BCUT2D eigenvalue weighted by atomic mass is 10.0. The second kappa shape index (κ2) is 3.85. The first-order valence-electron chi connectivity index (χ1n) is 6.80. The standard InChI is InChI=1S/C14H15ClN2O2/c15-9-5-16-10(4-8(9)14(18)19)17-13-11-6-1-2-7(3-6)12(11)13/h4-7,11-13H,1-3H2,(H,16,17)(H,18,19). The summed E-state index contributed by atoms with van der Waals surface area (Å²) in [7, 11) is 0. The van der Waals surface area contributed by atoms with Crippen LogP contribution in [-0.2, 0) is 0 Å². The van der Waals surface area contributed by atoms with Crippen LogP contribution < -0.4 is 5.32 Å². The quantitative estimate of drug-likeness (QED) is 0.892. The minimum Gasteiger partial charge on any atom is -0.478 e. The summed E-state index contributed by atoms with van der Waals surface area (Å²) < 4.78 is 0. The van der Waals surface area contributed by atoms with Crippen molar-refractivity contribution in [2.24, 2.45) is 23.7 Å². The summed E-state index contributed by atoms with van der Waals surface area (Å²) in [5, 5.41) is 12.7. The molecule has 3 aliphatic carbocycles. The van der Waals surface area contributed by atoms with Crippen molar-refractivity contribution in [1.82, 2.24) is 4.98 Å². The fourth-order valence-corrected chi connectivity index (χ4v) is 4.55. The van der Waals surface area contributed by atoms with Crippen LogP contribution in [0.4, 0.5) is 5.82 Å². The Labute approximate surface area is 116 Å². The number of halogens is 1. The van der Waals surface area contributed by atoms with Crippen molar-refractivity contribution >= 4 is 23.4 Å². The van der Waals surface area contributed by atoms with E-state index >= 15 is 0 Å². The highest BCUT2D eigenvalue weighted by Gasteiger charge is 2.65. The molecule has 0 amide bonds. The maximum absolute atomic E-state index is 11.0. The Kier molecular flexibility index (Phi) is 2.34. The summed E-state index contributed by atoms with van der Waals surface area (Å²) in [6.45, 7) is 0. The number of nitrogens with one attached hydrogen (secondary N) is 1. The zero-order valence-electron chi connectivity index (χ0n) is 10.3. The Bertz CT molecular complexity index is 546. The van der Waals surface area contributed by atoms with Gasteiger partial charge >= 0.3 is 5.97 Å². The monoisotopic (exact) mass is 278 g/mol. The van der Waals surface area contributed by atoms with Crippen LogP contribution in [0.25, 0.3) is 0 Å². The molecule has 2 N–H and O–H groups in total. The number of rotatable bonds is 3. The second-order valence-corrected chi connectivity index (χ2v) is 6.42. The average molecular weight is 279 g/mol. The lowest BCUT2D eigenvalue weighted by Crippen LogP contribution is -2.14. The number of carboxylic acid groups (broad SMARTS) is 1. The van der Waals surface area contributed by atoms with E-state index in [4.69, 9.17) is 16.7 Å². The summed E-state index contributed by atoms with van der Waals surface area (Å²) in [4.78, 5) is 15.2. The van der Waals surface area contributed by atoms with E-state index in [0.29, 0.717) is 11.9 Å². The van der Waals surface area contributed by atoms with Gasteiger partial charge in [0.1, 0.15) is 5.82 Å². The molecule has 0 aliphatic heterocycles. The van der Waals surface area contributed by atoms with E-state index < -0.39 is 5.97 Å². The molecule has 19 heavy (non-hydrogen) atoms. The molecule has 1 aromatic rings. The smallest absolute Gasteiger partial charge is 0.337 e. The van der Waals surface area contributed by atoms with Crippen LogP contribution in [0.5, 0.6) is 0 Å². The molecule has 4 unspecified atom stereocenters. The van der Waals surface area contributed by atoms with Gasteiger partial charge in [-0.2, -0.15) is 0 Å². The fraction of sp³-hybridized carbons (Fsp3) is 0.571. The van der Waals surface area contributed by atoms with E-state index in [2.05, 4.69) is 10.3 Å². The highest BCUT2D eigenvalue weighted by Crippen LogP contribution is 2.66. The van der Waals surface area contributed by atoms with Crippen molar-refractivity contribution in [3.8, 4) is 0 Å². The molecule has 0 radical (unpaired) electrons. The number of anilines is 1. The van der Waals surface area contributed by atoms with Crippen LogP contribution in [0.3, 0.4) is 0 Å². The van der Waals surface area contributed by atoms with Gasteiger partial charge in [-0.15, -0.1) is 0 Å². The maximum Gasteiger partial charge on any atom is 0.337 e. The van der Waals surface area contributed by atoms with Crippen LogP contribution in [0, 0.1) is 23.7 Å². The molecule has 0 aromatic carbocycles. The molecule has 0 spiro atoms. The normalized spacial score (nSPS) is 38.1. The van der Waals surface area contributed by atoms with E-state index in [1.54, 1.807) is 6.07 Å². The van der Waals surface area contributed by atoms with Crippen LogP contribution in [-0.4, -0.2) is 22.1 Å². The Morgan fingerprint density at radius 3 is 2.68 bits per heavy atom. The van der Waals surface area contributed by atoms with Crippen molar-refractivity contribution in [2.75, 3.05) is 5.32 Å².